The molecule has 32 heavy (non-hydrogen) atoms. The van der Waals surface area contributed by atoms with Crippen molar-refractivity contribution in [2.24, 2.45) is 0 Å². The summed E-state index contributed by atoms with van der Waals surface area (Å²) in [4.78, 5) is 20.6. The molecule has 0 saturated carbocycles. The van der Waals surface area contributed by atoms with E-state index in [1.165, 1.54) is 6.20 Å². The predicted molar refractivity (Wildman–Crippen MR) is 113 cm³/mol. The summed E-state index contributed by atoms with van der Waals surface area (Å²) >= 11 is 6.22. The number of hydrogen-bond acceptors (Lipinski definition) is 5. The van der Waals surface area contributed by atoms with Crippen LogP contribution in [0.2, 0.25) is 5.02 Å². The molecular weight excluding hydrogens is 445 g/mol. The molecular formula is C21H16ClF3N6O. The van der Waals surface area contributed by atoms with E-state index in [1.54, 1.807) is 6.20 Å². The van der Waals surface area contributed by atoms with Gasteiger partial charge in [0.05, 0.1) is 23.1 Å². The Morgan fingerprint density at radius 1 is 1.09 bits per heavy atom. The molecule has 4 aromatic rings. The molecule has 1 aromatic carbocycles. The van der Waals surface area contributed by atoms with Gasteiger partial charge in [-0.15, -0.1) is 0 Å². The number of para-hydroxylation sites is 1. The van der Waals surface area contributed by atoms with Gasteiger partial charge in [-0.1, -0.05) is 29.8 Å². The number of aryl methyl sites for hydroxylation is 1. The molecule has 3 aromatic heterocycles. The summed E-state index contributed by atoms with van der Waals surface area (Å²) in [5.41, 5.74) is 0.504. The molecule has 0 unspecified atom stereocenters. The summed E-state index contributed by atoms with van der Waals surface area (Å²) in [5, 5.41) is 6.93. The van der Waals surface area contributed by atoms with Crippen molar-refractivity contribution in [1.82, 2.24) is 24.3 Å². The highest BCUT2D eigenvalue weighted by molar-refractivity contribution is 6.32. The molecule has 0 bridgehead atoms. The molecule has 0 aliphatic rings. The summed E-state index contributed by atoms with van der Waals surface area (Å²) in [5.74, 6) is 0.751. The normalized spacial score (nSPS) is 11.5. The van der Waals surface area contributed by atoms with Crippen molar-refractivity contribution in [2.75, 3.05) is 5.32 Å². The molecule has 1 N–H and O–H groups in total. The number of imidazole rings is 1. The number of anilines is 1. The number of pyridine rings is 1. The van der Waals surface area contributed by atoms with Gasteiger partial charge in [0.15, 0.2) is 5.82 Å². The first-order valence-electron chi connectivity index (χ1n) is 9.39. The standard InChI is InChI=1S/C21H16ClF3N6O/c1-13-26-8-9-30(13)17-5-3-2-4-14(17)10-27-16-12-29-31(20(32)19(16)22)18-7-6-15(11-28-18)21(23,24)25/h2-9,11-12,27H,10H2,1H3. The summed E-state index contributed by atoms with van der Waals surface area (Å²) in [6.07, 6.45) is 0.990. The minimum absolute atomic E-state index is 0.0719. The first-order valence-corrected chi connectivity index (χ1v) is 9.77. The predicted octanol–water partition coefficient (Wildman–Crippen LogP) is 4.41. The van der Waals surface area contributed by atoms with Gasteiger partial charge in [-0.25, -0.2) is 9.97 Å². The average Bonchev–Trinajstić information content (AvgIpc) is 3.20. The molecule has 3 heterocycles. The lowest BCUT2D eigenvalue weighted by molar-refractivity contribution is -0.137. The highest BCUT2D eigenvalue weighted by atomic mass is 35.5. The van der Waals surface area contributed by atoms with E-state index in [2.05, 4.69) is 20.4 Å². The summed E-state index contributed by atoms with van der Waals surface area (Å²) in [7, 11) is 0. The first-order chi connectivity index (χ1) is 15.3. The van der Waals surface area contributed by atoms with E-state index in [9.17, 15) is 18.0 Å². The van der Waals surface area contributed by atoms with E-state index in [4.69, 9.17) is 11.6 Å². The fraction of sp³-hybridized carbons (Fsp3) is 0.143. The van der Waals surface area contributed by atoms with Crippen LogP contribution in [-0.2, 0) is 12.7 Å². The maximum absolute atomic E-state index is 12.7. The van der Waals surface area contributed by atoms with Gasteiger partial charge < -0.3 is 9.88 Å². The number of aromatic nitrogens is 5. The van der Waals surface area contributed by atoms with E-state index in [-0.39, 0.29) is 16.5 Å². The third-order valence-electron chi connectivity index (χ3n) is 4.76. The zero-order valence-corrected chi connectivity index (χ0v) is 17.4. The number of hydrogen-bond donors (Lipinski definition) is 1. The molecule has 0 fully saturated rings. The van der Waals surface area contributed by atoms with Gasteiger partial charge in [-0.3, -0.25) is 4.79 Å². The van der Waals surface area contributed by atoms with Crippen LogP contribution in [0.5, 0.6) is 0 Å². The highest BCUT2D eigenvalue weighted by Crippen LogP contribution is 2.28. The summed E-state index contributed by atoms with van der Waals surface area (Å²) < 4.78 is 41.0. The molecule has 0 aliphatic heterocycles. The van der Waals surface area contributed by atoms with Crippen molar-refractivity contribution in [3.63, 3.8) is 0 Å². The van der Waals surface area contributed by atoms with Crippen LogP contribution in [0.25, 0.3) is 11.5 Å². The van der Waals surface area contributed by atoms with Crippen molar-refractivity contribution < 1.29 is 13.2 Å². The van der Waals surface area contributed by atoms with E-state index in [0.29, 0.717) is 12.7 Å². The topological polar surface area (TPSA) is 77.6 Å². The molecule has 0 spiro atoms. The van der Waals surface area contributed by atoms with Gasteiger partial charge in [-0.2, -0.15) is 23.0 Å². The first kappa shape index (κ1) is 21.6. The second kappa shape index (κ2) is 8.46. The van der Waals surface area contributed by atoms with Crippen LogP contribution in [-0.4, -0.2) is 24.3 Å². The Bertz CT molecular complexity index is 1310. The SMILES string of the molecule is Cc1nccn1-c1ccccc1CNc1cnn(-c2ccc(C(F)(F)F)cn2)c(=O)c1Cl. The number of alkyl halides is 3. The van der Waals surface area contributed by atoms with Gasteiger partial charge in [0.1, 0.15) is 10.8 Å². The molecule has 0 atom stereocenters. The molecule has 0 radical (unpaired) electrons. The fourth-order valence-electron chi connectivity index (χ4n) is 3.12. The van der Waals surface area contributed by atoms with Crippen molar-refractivity contribution >= 4 is 17.3 Å². The van der Waals surface area contributed by atoms with Crippen molar-refractivity contribution in [2.45, 2.75) is 19.6 Å². The number of nitrogens with one attached hydrogen (secondary N) is 1. The van der Waals surface area contributed by atoms with Gasteiger partial charge in [0, 0.05) is 25.1 Å². The van der Waals surface area contributed by atoms with E-state index < -0.39 is 17.3 Å². The van der Waals surface area contributed by atoms with E-state index >= 15 is 0 Å². The molecule has 7 nitrogen and oxygen atoms in total. The number of halogens is 4. The Hall–Kier alpha value is -3.66. The minimum Gasteiger partial charge on any atom is -0.378 e. The Labute approximate surface area is 185 Å². The fourth-order valence-corrected chi connectivity index (χ4v) is 3.31. The molecule has 0 saturated heterocycles. The third-order valence-corrected chi connectivity index (χ3v) is 5.12. The minimum atomic E-state index is -4.53. The van der Waals surface area contributed by atoms with Crippen molar-refractivity contribution in [3.05, 3.63) is 93.5 Å². The Morgan fingerprint density at radius 2 is 1.88 bits per heavy atom. The van der Waals surface area contributed by atoms with Gasteiger partial charge in [0.2, 0.25) is 0 Å². The Morgan fingerprint density at radius 3 is 2.53 bits per heavy atom. The number of nitrogens with zero attached hydrogens (tertiary/aromatic N) is 5. The van der Waals surface area contributed by atoms with Gasteiger partial charge in [0.25, 0.3) is 5.56 Å². The maximum atomic E-state index is 12.7. The smallest absolute Gasteiger partial charge is 0.378 e. The Balaban J connectivity index is 1.58. The van der Waals surface area contributed by atoms with Gasteiger partial charge in [-0.05, 0) is 30.7 Å². The summed E-state index contributed by atoms with van der Waals surface area (Å²) in [6.45, 7) is 2.23. The van der Waals surface area contributed by atoms with Crippen LogP contribution >= 0.6 is 11.6 Å². The zero-order valence-electron chi connectivity index (χ0n) is 16.6. The van der Waals surface area contributed by atoms with Gasteiger partial charge >= 0.3 is 6.18 Å². The summed E-state index contributed by atoms with van der Waals surface area (Å²) in [6, 6.07) is 9.55. The molecule has 164 valence electrons. The zero-order chi connectivity index (χ0) is 22.9. The third kappa shape index (κ3) is 4.22. The molecule has 0 aliphatic carbocycles. The Kier molecular flexibility index (Phi) is 5.70. The van der Waals surface area contributed by atoms with E-state index in [1.807, 2.05) is 42.0 Å². The largest absolute Gasteiger partial charge is 0.417 e. The van der Waals surface area contributed by atoms with Crippen LogP contribution < -0.4 is 10.9 Å². The lowest BCUT2D eigenvalue weighted by Crippen LogP contribution is -2.23. The second-order valence-electron chi connectivity index (χ2n) is 6.82. The highest BCUT2D eigenvalue weighted by Gasteiger charge is 2.30. The maximum Gasteiger partial charge on any atom is 0.417 e. The molecule has 11 heteroatoms. The van der Waals surface area contributed by atoms with Crippen LogP contribution in [0.4, 0.5) is 18.9 Å². The van der Waals surface area contributed by atoms with Crippen LogP contribution in [0.15, 0.2) is 66.0 Å². The average molecular weight is 461 g/mol. The van der Waals surface area contributed by atoms with Crippen molar-refractivity contribution in [1.29, 1.82) is 0 Å². The van der Waals surface area contributed by atoms with Crippen LogP contribution in [0.3, 0.4) is 0 Å². The number of rotatable bonds is 5. The monoisotopic (exact) mass is 460 g/mol. The quantitative estimate of drug-likeness (QED) is 0.477. The second-order valence-corrected chi connectivity index (χ2v) is 7.20. The van der Waals surface area contributed by atoms with Crippen molar-refractivity contribution in [3.8, 4) is 11.5 Å². The lowest BCUT2D eigenvalue weighted by atomic mass is 10.1. The number of benzene rings is 1. The molecule has 0 amide bonds. The molecule has 4 rings (SSSR count). The van der Waals surface area contributed by atoms with Crippen LogP contribution in [0, 0.1) is 6.92 Å². The van der Waals surface area contributed by atoms with Crippen LogP contribution in [0.1, 0.15) is 17.0 Å². The van der Waals surface area contributed by atoms with E-state index in [0.717, 1.165) is 33.9 Å². The lowest BCUT2D eigenvalue weighted by Gasteiger charge is -2.14.